The summed E-state index contributed by atoms with van der Waals surface area (Å²) in [6, 6.07) is 18.0. The van der Waals surface area contributed by atoms with Crippen LogP contribution in [0.25, 0.3) is 33.9 Å². The number of imidazole rings is 1. The molecule has 1 aromatic heterocycles. The number of nitrogens with zero attached hydrogens (tertiary/aromatic N) is 2. The number of hydrogen-bond acceptors (Lipinski definition) is 13. The minimum Gasteiger partial charge on any atom is -0.507 e. The summed E-state index contributed by atoms with van der Waals surface area (Å²) in [7, 11) is 3.68. The zero-order chi connectivity index (χ0) is 41.8. The lowest BCUT2D eigenvalue weighted by Gasteiger charge is -2.24. The van der Waals surface area contributed by atoms with Crippen LogP contribution in [-0.4, -0.2) is 106 Å². The van der Waals surface area contributed by atoms with Gasteiger partial charge in [-0.15, -0.1) is 0 Å². The highest BCUT2D eigenvalue weighted by Gasteiger charge is 2.37. The number of aryl methyl sites for hydroxylation is 2. The van der Waals surface area contributed by atoms with Crippen LogP contribution in [0.3, 0.4) is 0 Å². The lowest BCUT2D eigenvalue weighted by Crippen LogP contribution is -2.43. The van der Waals surface area contributed by atoms with Gasteiger partial charge in [-0.05, 0) is 98.5 Å². The van der Waals surface area contributed by atoms with Crippen LogP contribution < -0.4 is 20.1 Å². The molecule has 3 aromatic carbocycles. The highest BCUT2D eigenvalue weighted by molar-refractivity contribution is 6.60. The molecule has 0 aliphatic rings. The SMILES string of the molecule is CO[Si](CCCNC(=O)Oc1ccc(-c2nc(-c3cc(C)c(O)c(C)c3)n(C(C)=O)c2-c2ccc(OC(=O)NCCC[Si](OC)(OC)OC)cc2)cc1)(OC)OC. The Morgan fingerprint density at radius 2 is 1.05 bits per heavy atom. The molecule has 0 bridgehead atoms. The van der Waals surface area contributed by atoms with Crippen LogP contribution in [0.1, 0.15) is 35.7 Å². The summed E-state index contributed by atoms with van der Waals surface area (Å²) < 4.78 is 45.1. The molecule has 0 spiro atoms. The fourth-order valence-corrected chi connectivity index (χ4v) is 9.67. The first kappa shape index (κ1) is 44.8. The largest absolute Gasteiger partial charge is 0.507 e. The summed E-state index contributed by atoms with van der Waals surface area (Å²) in [6.07, 6.45) is -0.160. The molecule has 1 heterocycles. The molecule has 0 aliphatic carbocycles. The van der Waals surface area contributed by atoms with E-state index in [4.69, 9.17) is 41.0 Å². The van der Waals surface area contributed by atoms with Gasteiger partial charge in [-0.2, -0.15) is 0 Å². The average molecular weight is 825 g/mol. The maximum Gasteiger partial charge on any atom is 0.500 e. The first-order chi connectivity index (χ1) is 27.3. The number of nitrogens with one attached hydrogen (secondary N) is 2. The summed E-state index contributed by atoms with van der Waals surface area (Å²) in [5.74, 6) is 0.790. The summed E-state index contributed by atoms with van der Waals surface area (Å²) in [4.78, 5) is 43.6. The maximum absolute atomic E-state index is 13.5. The maximum atomic E-state index is 13.5. The molecule has 4 aromatic rings. The Balaban J connectivity index is 1.58. The first-order valence-corrected chi connectivity index (χ1v) is 22.0. The molecule has 4 rings (SSSR count). The number of ether oxygens (including phenoxy) is 2. The molecule has 2 amide bonds. The molecule has 0 unspecified atom stereocenters. The molecule has 3 N–H and O–H groups in total. The van der Waals surface area contributed by atoms with Gasteiger partial charge in [-0.1, -0.05) is 0 Å². The van der Waals surface area contributed by atoms with Crippen molar-refractivity contribution < 1.29 is 55.5 Å². The van der Waals surface area contributed by atoms with Crippen molar-refractivity contribution in [1.82, 2.24) is 20.2 Å². The number of hydrogen-bond donors (Lipinski definition) is 3. The van der Waals surface area contributed by atoms with E-state index in [1.54, 1.807) is 74.5 Å². The number of carbonyl (C=O) groups excluding carboxylic acids is 3. The third-order valence-electron chi connectivity index (χ3n) is 9.34. The Kier molecular flexibility index (Phi) is 16.1. The normalized spacial score (nSPS) is 11.7. The average Bonchev–Trinajstić information content (AvgIpc) is 3.62. The van der Waals surface area contributed by atoms with Crippen molar-refractivity contribution in [1.29, 1.82) is 0 Å². The molecule has 16 nitrogen and oxygen atoms in total. The van der Waals surface area contributed by atoms with Crippen molar-refractivity contribution >= 4 is 35.7 Å². The third kappa shape index (κ3) is 11.1. The Morgan fingerprint density at radius 3 is 1.44 bits per heavy atom. The smallest absolute Gasteiger partial charge is 0.500 e. The molecule has 0 saturated carbocycles. The van der Waals surface area contributed by atoms with Crippen LogP contribution in [-0.2, 0) is 26.6 Å². The van der Waals surface area contributed by atoms with Crippen molar-refractivity contribution in [3.8, 4) is 51.2 Å². The molecule has 0 atom stereocenters. The number of phenolic OH excluding ortho intramolecular Hbond substituents is 1. The molecule has 57 heavy (non-hydrogen) atoms. The van der Waals surface area contributed by atoms with Crippen LogP contribution in [0.5, 0.6) is 17.2 Å². The van der Waals surface area contributed by atoms with Crippen LogP contribution in [0.15, 0.2) is 60.7 Å². The van der Waals surface area contributed by atoms with E-state index in [1.807, 2.05) is 0 Å². The van der Waals surface area contributed by atoms with Crippen molar-refractivity contribution in [2.45, 2.75) is 45.7 Å². The van der Waals surface area contributed by atoms with Crippen LogP contribution in [0, 0.1) is 13.8 Å². The van der Waals surface area contributed by atoms with Crippen molar-refractivity contribution in [2.75, 3.05) is 55.7 Å². The fourth-order valence-electron chi connectivity index (χ4n) is 6.22. The number of amides is 2. The van der Waals surface area contributed by atoms with Gasteiger partial charge in [0.1, 0.15) is 23.1 Å². The monoisotopic (exact) mass is 824 g/mol. The Morgan fingerprint density at radius 1 is 0.649 bits per heavy atom. The fraction of sp³-hybridized carbons (Fsp3) is 0.385. The lowest BCUT2D eigenvalue weighted by molar-refractivity contribution is 0.0939. The van der Waals surface area contributed by atoms with Gasteiger partial charge >= 0.3 is 29.8 Å². The van der Waals surface area contributed by atoms with Gasteiger partial charge in [0.2, 0.25) is 5.91 Å². The lowest BCUT2D eigenvalue weighted by atomic mass is 10.0. The second-order valence-corrected chi connectivity index (χ2v) is 19.1. The number of carbonyl (C=O) groups is 3. The standard InChI is InChI=1S/C39H52N4O12Si2/c1-26-24-31(25-27(2)36(26)45)37-42-34(29-12-16-32(17-13-29)54-38(46)40-20-10-22-56(48-4,49-5)50-6)35(43(37)28(3)44)30-14-18-33(19-15-30)55-39(47)41-21-11-23-57(51-7,52-8)53-9/h12-19,24-25,45H,10-11,20-23H2,1-9H3,(H,40,46)(H,41,47). The number of rotatable bonds is 19. The van der Waals surface area contributed by atoms with E-state index >= 15 is 0 Å². The second-order valence-electron chi connectivity index (χ2n) is 12.9. The van der Waals surface area contributed by atoms with Gasteiger partial charge in [0.15, 0.2) is 0 Å². The zero-order valence-corrected chi connectivity index (χ0v) is 35.8. The summed E-state index contributed by atoms with van der Waals surface area (Å²) in [6.45, 7) is 5.63. The molecule has 0 saturated heterocycles. The molecule has 0 fully saturated rings. The summed E-state index contributed by atoms with van der Waals surface area (Å²) >= 11 is 0. The van der Waals surface area contributed by atoms with Crippen LogP contribution in [0.2, 0.25) is 12.1 Å². The van der Waals surface area contributed by atoms with Gasteiger partial charge in [0.05, 0.1) is 11.4 Å². The van der Waals surface area contributed by atoms with Crippen molar-refractivity contribution in [2.24, 2.45) is 0 Å². The number of phenols is 1. The Bertz CT molecular complexity index is 1940. The molecule has 308 valence electrons. The third-order valence-corrected chi connectivity index (χ3v) is 15.0. The summed E-state index contributed by atoms with van der Waals surface area (Å²) in [5, 5.41) is 15.9. The molecular weight excluding hydrogens is 773 g/mol. The second kappa shape index (κ2) is 20.5. The molecular formula is C39H52N4O12Si2. The van der Waals surface area contributed by atoms with E-state index in [2.05, 4.69) is 10.6 Å². The van der Waals surface area contributed by atoms with Gasteiger partial charge < -0.3 is 51.8 Å². The Hall–Kier alpha value is -4.93. The minimum atomic E-state index is -2.76. The van der Waals surface area contributed by atoms with Gasteiger partial charge in [-0.25, -0.2) is 14.6 Å². The number of aromatic hydroxyl groups is 1. The summed E-state index contributed by atoms with van der Waals surface area (Å²) in [5.41, 5.74) is 4.07. The van der Waals surface area contributed by atoms with E-state index in [1.165, 1.54) is 54.1 Å². The predicted octanol–water partition coefficient (Wildman–Crippen LogP) is 6.58. The molecule has 18 heteroatoms. The highest BCUT2D eigenvalue weighted by atomic mass is 28.4. The molecule has 0 radical (unpaired) electrons. The van der Waals surface area contributed by atoms with Crippen LogP contribution >= 0.6 is 0 Å². The highest BCUT2D eigenvalue weighted by Crippen LogP contribution is 2.39. The van der Waals surface area contributed by atoms with E-state index in [-0.39, 0.29) is 17.4 Å². The van der Waals surface area contributed by atoms with E-state index in [0.29, 0.717) is 88.8 Å². The minimum absolute atomic E-state index is 0.157. The van der Waals surface area contributed by atoms with Gasteiger partial charge in [0.25, 0.3) is 0 Å². The number of benzene rings is 3. The van der Waals surface area contributed by atoms with Crippen molar-refractivity contribution in [3.63, 3.8) is 0 Å². The quantitative estimate of drug-likeness (QED) is 0.0681. The van der Waals surface area contributed by atoms with Gasteiger partial charge in [0, 0.05) is 91.5 Å². The van der Waals surface area contributed by atoms with Gasteiger partial charge in [-0.3, -0.25) is 9.36 Å². The first-order valence-electron chi connectivity index (χ1n) is 18.2. The van der Waals surface area contributed by atoms with E-state index in [0.717, 1.165) is 0 Å². The van der Waals surface area contributed by atoms with Crippen LogP contribution in [0.4, 0.5) is 9.59 Å². The molecule has 0 aliphatic heterocycles. The Labute approximate surface area is 335 Å². The van der Waals surface area contributed by atoms with E-state index < -0.39 is 29.8 Å². The topological polar surface area (TPSA) is 187 Å². The van der Waals surface area contributed by atoms with E-state index in [9.17, 15) is 19.5 Å². The van der Waals surface area contributed by atoms with Crippen molar-refractivity contribution in [3.05, 3.63) is 71.8 Å². The predicted molar refractivity (Wildman–Crippen MR) is 216 cm³/mol. The number of aromatic nitrogens is 2. The zero-order valence-electron chi connectivity index (χ0n) is 33.8.